The number of unbranched alkanes of at least 4 members (excludes halogenated alkanes) is 1. The van der Waals surface area contributed by atoms with E-state index in [1.165, 1.54) is 32.1 Å². The lowest BCUT2D eigenvalue weighted by atomic mass is 9.45. The fourth-order valence-electron chi connectivity index (χ4n) is 8.50. The summed E-state index contributed by atoms with van der Waals surface area (Å²) in [4.78, 5) is 0. The molecule has 5 aliphatic carbocycles. The van der Waals surface area contributed by atoms with Crippen LogP contribution in [0.2, 0.25) is 0 Å². The number of rotatable bonds is 7. The molecule has 0 saturated heterocycles. The second-order valence-corrected chi connectivity index (χ2v) is 11.6. The highest BCUT2D eigenvalue weighted by Crippen LogP contribution is 2.66. The molecule has 156 valence electrons. The molecule has 0 amide bonds. The van der Waals surface area contributed by atoms with Crippen molar-refractivity contribution in [2.24, 2.45) is 34.5 Å². The largest absolute Gasteiger partial charge is 0.0654 e. The minimum Gasteiger partial charge on any atom is -0.0654 e. The second kappa shape index (κ2) is 8.79. The number of fused-ring (bicyclic) bond motifs is 3. The molecule has 0 aliphatic heterocycles. The third kappa shape index (κ3) is 4.16. The monoisotopic (exact) mass is 372 g/mol. The maximum Gasteiger partial charge on any atom is -0.0269 e. The Morgan fingerprint density at radius 3 is 1.30 bits per heavy atom. The van der Waals surface area contributed by atoms with Gasteiger partial charge in [0, 0.05) is 0 Å². The van der Waals surface area contributed by atoms with Gasteiger partial charge in [0.25, 0.3) is 0 Å². The van der Waals surface area contributed by atoms with Crippen molar-refractivity contribution in [3.63, 3.8) is 0 Å². The first-order valence-electron chi connectivity index (χ1n) is 13.2. The molecule has 5 fully saturated rings. The molecule has 5 rings (SSSR count). The first-order chi connectivity index (χ1) is 13.2. The summed E-state index contributed by atoms with van der Waals surface area (Å²) in [7, 11) is 0. The summed E-state index contributed by atoms with van der Waals surface area (Å²) in [5, 5.41) is 0. The molecule has 5 aliphatic rings. The quantitative estimate of drug-likeness (QED) is 0.418. The molecule has 0 spiro atoms. The SMILES string of the molecule is CCCC[C@H]1CC[C@H](C23CCC([C@H]4CC[C@H](CCC)CC4)(CC2)CC3)CC1. The molecule has 0 aromatic carbocycles. The molecule has 0 unspecified atom stereocenters. The molecule has 0 heterocycles. The van der Waals surface area contributed by atoms with Crippen molar-refractivity contribution in [2.45, 2.75) is 136 Å². The zero-order valence-corrected chi connectivity index (χ0v) is 18.7. The number of hydrogen-bond donors (Lipinski definition) is 0. The van der Waals surface area contributed by atoms with Crippen LogP contribution < -0.4 is 0 Å². The van der Waals surface area contributed by atoms with E-state index in [4.69, 9.17) is 0 Å². The molecule has 0 radical (unpaired) electrons. The highest BCUT2D eigenvalue weighted by Gasteiger charge is 2.54. The minimum atomic E-state index is 0.802. The summed E-state index contributed by atoms with van der Waals surface area (Å²) in [6, 6.07) is 0. The van der Waals surface area contributed by atoms with E-state index in [9.17, 15) is 0 Å². The van der Waals surface area contributed by atoms with Gasteiger partial charge in [-0.05, 0) is 98.7 Å². The van der Waals surface area contributed by atoms with Crippen molar-refractivity contribution in [1.29, 1.82) is 0 Å². The molecule has 0 aromatic rings. The fourth-order valence-corrected chi connectivity index (χ4v) is 8.50. The van der Waals surface area contributed by atoms with Crippen LogP contribution in [0.25, 0.3) is 0 Å². The summed E-state index contributed by atoms with van der Waals surface area (Å²) in [5.74, 6) is 4.38. The molecule has 27 heavy (non-hydrogen) atoms. The lowest BCUT2D eigenvalue weighted by Gasteiger charge is -2.60. The molecule has 0 aromatic heterocycles. The van der Waals surface area contributed by atoms with Crippen LogP contribution in [-0.4, -0.2) is 0 Å². The summed E-state index contributed by atoms with van der Waals surface area (Å²) in [6.07, 6.45) is 29.6. The van der Waals surface area contributed by atoms with E-state index in [0.29, 0.717) is 0 Å². The van der Waals surface area contributed by atoms with Gasteiger partial charge in [-0.1, -0.05) is 71.6 Å². The van der Waals surface area contributed by atoms with Gasteiger partial charge in [0.15, 0.2) is 0 Å². The maximum absolute atomic E-state index is 2.38. The second-order valence-electron chi connectivity index (χ2n) is 11.6. The Morgan fingerprint density at radius 2 is 0.926 bits per heavy atom. The van der Waals surface area contributed by atoms with Gasteiger partial charge in [-0.25, -0.2) is 0 Å². The van der Waals surface area contributed by atoms with Crippen LogP contribution in [0.1, 0.15) is 136 Å². The van der Waals surface area contributed by atoms with Gasteiger partial charge in [-0.15, -0.1) is 0 Å². The van der Waals surface area contributed by atoms with E-state index in [1.54, 1.807) is 89.9 Å². The first kappa shape index (κ1) is 20.3. The average Bonchev–Trinajstić information content (AvgIpc) is 2.75. The van der Waals surface area contributed by atoms with E-state index in [1.807, 2.05) is 0 Å². The molecule has 0 N–H and O–H groups in total. The molecule has 0 heteroatoms. The van der Waals surface area contributed by atoms with Crippen molar-refractivity contribution in [3.05, 3.63) is 0 Å². The van der Waals surface area contributed by atoms with Crippen LogP contribution in [0, 0.1) is 34.5 Å². The van der Waals surface area contributed by atoms with E-state index in [0.717, 1.165) is 34.5 Å². The predicted octanol–water partition coefficient (Wildman–Crippen LogP) is 8.93. The van der Waals surface area contributed by atoms with Crippen LogP contribution in [0.5, 0.6) is 0 Å². The third-order valence-corrected chi connectivity index (χ3v) is 10.5. The third-order valence-electron chi connectivity index (χ3n) is 10.5. The molecular formula is C27H48. The Bertz CT molecular complexity index is 422. The smallest absolute Gasteiger partial charge is 0.0269 e. The average molecular weight is 373 g/mol. The van der Waals surface area contributed by atoms with Gasteiger partial charge in [0.05, 0.1) is 0 Å². The highest BCUT2D eigenvalue weighted by molar-refractivity contribution is 5.05. The van der Waals surface area contributed by atoms with Crippen molar-refractivity contribution in [2.75, 3.05) is 0 Å². The van der Waals surface area contributed by atoms with Gasteiger partial charge in [-0.3, -0.25) is 0 Å². The lowest BCUT2D eigenvalue weighted by Crippen LogP contribution is -2.49. The Labute approximate surface area is 170 Å². The summed E-state index contributed by atoms with van der Waals surface area (Å²) < 4.78 is 0. The van der Waals surface area contributed by atoms with Crippen molar-refractivity contribution >= 4 is 0 Å². The Kier molecular flexibility index (Phi) is 6.60. The van der Waals surface area contributed by atoms with Crippen LogP contribution >= 0.6 is 0 Å². The topological polar surface area (TPSA) is 0 Å². The van der Waals surface area contributed by atoms with Gasteiger partial charge in [0.1, 0.15) is 0 Å². The van der Waals surface area contributed by atoms with E-state index >= 15 is 0 Å². The van der Waals surface area contributed by atoms with Crippen LogP contribution in [0.15, 0.2) is 0 Å². The van der Waals surface area contributed by atoms with Crippen LogP contribution in [-0.2, 0) is 0 Å². The minimum absolute atomic E-state index is 0.802. The molecule has 5 saturated carbocycles. The zero-order chi connectivity index (χ0) is 18.7. The predicted molar refractivity (Wildman–Crippen MR) is 118 cm³/mol. The van der Waals surface area contributed by atoms with E-state index in [-0.39, 0.29) is 0 Å². The highest BCUT2D eigenvalue weighted by atomic mass is 14.6. The fraction of sp³-hybridized carbons (Fsp3) is 1.00. The summed E-state index contributed by atoms with van der Waals surface area (Å²) >= 11 is 0. The van der Waals surface area contributed by atoms with Crippen molar-refractivity contribution < 1.29 is 0 Å². The molecule has 0 nitrogen and oxygen atoms in total. The van der Waals surface area contributed by atoms with Crippen LogP contribution in [0.4, 0.5) is 0 Å². The van der Waals surface area contributed by atoms with Crippen molar-refractivity contribution in [1.82, 2.24) is 0 Å². The Hall–Kier alpha value is 0. The standard InChI is InChI=1S/C27H48/c1-3-5-7-23-10-14-25(15-11-23)27-19-16-26(17-20-27,18-21-27)24-12-8-22(6-4-2)9-13-24/h22-25H,3-21H2,1-2H3/t22-,23-,24-,25-,26?,27?. The molecule has 0 atom stereocenters. The molecule has 2 bridgehead atoms. The van der Waals surface area contributed by atoms with Gasteiger partial charge in [-0.2, -0.15) is 0 Å². The zero-order valence-electron chi connectivity index (χ0n) is 18.7. The Balaban J connectivity index is 1.28. The van der Waals surface area contributed by atoms with Crippen LogP contribution in [0.3, 0.4) is 0 Å². The maximum atomic E-state index is 2.38. The van der Waals surface area contributed by atoms with Gasteiger partial charge < -0.3 is 0 Å². The number of hydrogen-bond acceptors (Lipinski definition) is 0. The van der Waals surface area contributed by atoms with Crippen molar-refractivity contribution in [3.8, 4) is 0 Å². The lowest BCUT2D eigenvalue weighted by molar-refractivity contribution is -0.0959. The van der Waals surface area contributed by atoms with Gasteiger partial charge in [0.2, 0.25) is 0 Å². The summed E-state index contributed by atoms with van der Waals surface area (Å²) in [6.45, 7) is 4.74. The Morgan fingerprint density at radius 1 is 0.519 bits per heavy atom. The van der Waals surface area contributed by atoms with Gasteiger partial charge >= 0.3 is 0 Å². The van der Waals surface area contributed by atoms with E-state index < -0.39 is 0 Å². The van der Waals surface area contributed by atoms with E-state index in [2.05, 4.69) is 13.8 Å². The molecular weight excluding hydrogens is 324 g/mol. The first-order valence-corrected chi connectivity index (χ1v) is 13.2. The normalized spacial score (nSPS) is 45.1. The summed E-state index contributed by atoms with van der Waals surface area (Å²) in [5.41, 5.74) is 1.61.